The van der Waals surface area contributed by atoms with Gasteiger partial charge in [-0.1, -0.05) is 36.3 Å². The van der Waals surface area contributed by atoms with E-state index in [0.717, 1.165) is 34.3 Å². The second-order valence-corrected chi connectivity index (χ2v) is 4.55. The topological polar surface area (TPSA) is 26.3 Å². The highest BCUT2D eigenvalue weighted by atomic mass is 16.5. The molecule has 98 valence electrons. The highest BCUT2D eigenvalue weighted by molar-refractivity contribution is 6.17. The number of carbonyl (C=O) groups excluding carboxylic acids is 1. The molecule has 1 aromatic carbocycles. The Balaban J connectivity index is 3.36. The fourth-order valence-electron chi connectivity index (χ4n) is 1.90. The third-order valence-corrected chi connectivity index (χ3v) is 3.10. The number of rotatable bonds is 4. The van der Waals surface area contributed by atoms with Crippen molar-refractivity contribution in [2.45, 2.75) is 41.0 Å². The first-order valence-electron chi connectivity index (χ1n) is 6.45. The Kier molecular flexibility index (Phi) is 5.14. The molecule has 1 rings (SSSR count). The van der Waals surface area contributed by atoms with Crippen LogP contribution in [0.5, 0.6) is 0 Å². The smallest absolute Gasteiger partial charge is 0.338 e. The van der Waals surface area contributed by atoms with E-state index in [-0.39, 0.29) is 5.97 Å². The van der Waals surface area contributed by atoms with Crippen LogP contribution in [0.2, 0.25) is 0 Å². The molecule has 0 N–H and O–H groups in total. The van der Waals surface area contributed by atoms with E-state index in [9.17, 15) is 4.79 Å². The molecule has 0 heterocycles. The Morgan fingerprint density at radius 2 is 1.89 bits per heavy atom. The van der Waals surface area contributed by atoms with Crippen LogP contribution in [-0.2, 0) is 9.53 Å². The molecule has 0 spiro atoms. The Morgan fingerprint density at radius 1 is 1.22 bits per heavy atom. The minimum Gasteiger partial charge on any atom is -0.462 e. The first-order chi connectivity index (χ1) is 8.51. The van der Waals surface area contributed by atoms with Crippen LogP contribution < -0.4 is 0 Å². The van der Waals surface area contributed by atoms with Gasteiger partial charge >= 0.3 is 5.97 Å². The number of carbonyl (C=O) groups is 1. The van der Waals surface area contributed by atoms with Gasteiger partial charge in [0.25, 0.3) is 0 Å². The van der Waals surface area contributed by atoms with Gasteiger partial charge in [0.1, 0.15) is 0 Å². The zero-order valence-corrected chi connectivity index (χ0v) is 12.0. The Labute approximate surface area is 110 Å². The molecule has 0 aliphatic heterocycles. The Morgan fingerprint density at radius 3 is 2.44 bits per heavy atom. The number of allylic oxidation sites excluding steroid dienone is 1. The molecule has 0 radical (unpaired) electrons. The van der Waals surface area contributed by atoms with Crippen molar-refractivity contribution in [1.29, 1.82) is 0 Å². The fourth-order valence-corrected chi connectivity index (χ4v) is 1.90. The lowest BCUT2D eigenvalue weighted by Crippen LogP contribution is -2.10. The molecule has 0 fully saturated rings. The minimum atomic E-state index is -0.217. The zero-order chi connectivity index (χ0) is 13.7. The van der Waals surface area contributed by atoms with Gasteiger partial charge < -0.3 is 4.74 Å². The highest BCUT2D eigenvalue weighted by Gasteiger charge is 2.17. The quantitative estimate of drug-likeness (QED) is 0.592. The average Bonchev–Trinajstić information content (AvgIpc) is 2.34. The number of ether oxygens (including phenoxy) is 1. The van der Waals surface area contributed by atoms with Crippen molar-refractivity contribution in [3.63, 3.8) is 0 Å². The van der Waals surface area contributed by atoms with Crippen LogP contribution in [0.3, 0.4) is 0 Å². The van der Waals surface area contributed by atoms with Gasteiger partial charge in [-0.25, -0.2) is 4.79 Å². The van der Waals surface area contributed by atoms with Gasteiger partial charge in [0.2, 0.25) is 0 Å². The van der Waals surface area contributed by atoms with Crippen molar-refractivity contribution in [2.75, 3.05) is 6.61 Å². The number of esters is 1. The Bertz CT molecular complexity index is 470. The van der Waals surface area contributed by atoms with Crippen LogP contribution in [0.4, 0.5) is 0 Å². The van der Waals surface area contributed by atoms with Gasteiger partial charge in [-0.2, -0.15) is 0 Å². The number of aryl methyl sites for hydroxylation is 2. The van der Waals surface area contributed by atoms with Crippen molar-refractivity contribution in [3.05, 3.63) is 40.5 Å². The third-order valence-electron chi connectivity index (χ3n) is 3.10. The second kappa shape index (κ2) is 6.39. The predicted molar refractivity (Wildman–Crippen MR) is 75.4 cm³/mol. The van der Waals surface area contributed by atoms with Gasteiger partial charge in [0.05, 0.1) is 12.2 Å². The largest absolute Gasteiger partial charge is 0.462 e. The van der Waals surface area contributed by atoms with E-state index < -0.39 is 0 Å². The SMILES string of the molecule is CCOC(=O)/C(=C(\C)CC)c1cc(C)ccc1C. The lowest BCUT2D eigenvalue weighted by atomic mass is 9.94. The summed E-state index contributed by atoms with van der Waals surface area (Å²) in [5.41, 5.74) is 5.05. The summed E-state index contributed by atoms with van der Waals surface area (Å²) in [6.07, 6.45) is 0.849. The van der Waals surface area contributed by atoms with Crippen molar-refractivity contribution < 1.29 is 9.53 Å². The first-order valence-corrected chi connectivity index (χ1v) is 6.45. The van der Waals surface area contributed by atoms with E-state index in [4.69, 9.17) is 4.74 Å². The third kappa shape index (κ3) is 3.22. The molecule has 2 heteroatoms. The maximum absolute atomic E-state index is 12.1. The first kappa shape index (κ1) is 14.5. The summed E-state index contributed by atoms with van der Waals surface area (Å²) in [7, 11) is 0. The predicted octanol–water partition coefficient (Wildman–Crippen LogP) is 4.05. The molecular weight excluding hydrogens is 224 g/mol. The van der Waals surface area contributed by atoms with E-state index in [1.807, 2.05) is 33.8 Å². The molecule has 0 saturated carbocycles. The molecule has 2 nitrogen and oxygen atoms in total. The highest BCUT2D eigenvalue weighted by Crippen LogP contribution is 2.26. The molecular formula is C16H22O2. The lowest BCUT2D eigenvalue weighted by Gasteiger charge is -2.14. The molecule has 0 amide bonds. The lowest BCUT2D eigenvalue weighted by molar-refractivity contribution is -0.136. The summed E-state index contributed by atoms with van der Waals surface area (Å²) < 4.78 is 5.18. The van der Waals surface area contributed by atoms with Gasteiger partial charge in [0.15, 0.2) is 0 Å². The van der Waals surface area contributed by atoms with Gasteiger partial charge in [-0.15, -0.1) is 0 Å². The molecule has 1 aromatic rings. The van der Waals surface area contributed by atoms with Gasteiger partial charge in [-0.3, -0.25) is 0 Å². The maximum Gasteiger partial charge on any atom is 0.338 e. The summed E-state index contributed by atoms with van der Waals surface area (Å²) in [6, 6.07) is 6.16. The van der Waals surface area contributed by atoms with Crippen LogP contribution >= 0.6 is 0 Å². The van der Waals surface area contributed by atoms with Crippen molar-refractivity contribution in [1.82, 2.24) is 0 Å². The van der Waals surface area contributed by atoms with Crippen LogP contribution in [0.25, 0.3) is 5.57 Å². The standard InChI is InChI=1S/C16H22O2/c1-6-12(4)15(16(17)18-7-2)14-10-11(3)8-9-13(14)5/h8-10H,6-7H2,1-5H3/b15-12+. The molecule has 0 bridgehead atoms. The van der Waals surface area contributed by atoms with Crippen LogP contribution in [0.1, 0.15) is 43.9 Å². The van der Waals surface area contributed by atoms with Gasteiger partial charge in [0, 0.05) is 0 Å². The fraction of sp³-hybridized carbons (Fsp3) is 0.438. The molecule has 0 aromatic heterocycles. The number of hydrogen-bond donors (Lipinski definition) is 0. The molecule has 18 heavy (non-hydrogen) atoms. The molecule has 0 aliphatic rings. The second-order valence-electron chi connectivity index (χ2n) is 4.55. The summed E-state index contributed by atoms with van der Waals surface area (Å²) in [5.74, 6) is -0.217. The van der Waals surface area contributed by atoms with Crippen molar-refractivity contribution in [3.8, 4) is 0 Å². The summed E-state index contributed by atoms with van der Waals surface area (Å²) in [6.45, 7) is 10.3. The van der Waals surface area contributed by atoms with Gasteiger partial charge in [-0.05, 0) is 45.2 Å². The van der Waals surface area contributed by atoms with Crippen molar-refractivity contribution >= 4 is 11.5 Å². The normalized spacial score (nSPS) is 12.1. The summed E-state index contributed by atoms with van der Waals surface area (Å²) in [4.78, 5) is 12.1. The molecule has 0 saturated heterocycles. The average molecular weight is 246 g/mol. The molecule has 0 unspecified atom stereocenters. The summed E-state index contributed by atoms with van der Waals surface area (Å²) >= 11 is 0. The van der Waals surface area contributed by atoms with Crippen LogP contribution in [-0.4, -0.2) is 12.6 Å². The number of benzene rings is 1. The number of hydrogen-bond acceptors (Lipinski definition) is 2. The molecule has 0 aliphatic carbocycles. The molecule has 0 atom stereocenters. The van der Waals surface area contributed by atoms with E-state index in [1.54, 1.807) is 0 Å². The summed E-state index contributed by atoms with van der Waals surface area (Å²) in [5, 5.41) is 0. The van der Waals surface area contributed by atoms with E-state index in [2.05, 4.69) is 19.1 Å². The van der Waals surface area contributed by atoms with Crippen molar-refractivity contribution in [2.24, 2.45) is 0 Å². The van der Waals surface area contributed by atoms with E-state index in [1.165, 1.54) is 0 Å². The van der Waals surface area contributed by atoms with E-state index in [0.29, 0.717) is 6.61 Å². The monoisotopic (exact) mass is 246 g/mol. The minimum absolute atomic E-state index is 0.217. The Hall–Kier alpha value is -1.57. The van der Waals surface area contributed by atoms with E-state index >= 15 is 0 Å². The maximum atomic E-state index is 12.1. The van der Waals surface area contributed by atoms with Crippen LogP contribution in [0.15, 0.2) is 23.8 Å². The van der Waals surface area contributed by atoms with Crippen LogP contribution in [0, 0.1) is 13.8 Å². The zero-order valence-electron chi connectivity index (χ0n) is 12.0.